The number of hydrogen-bond donors (Lipinski definition) is 1. The average Bonchev–Trinajstić information content (AvgIpc) is 2.98. The van der Waals surface area contributed by atoms with Crippen LogP contribution in [-0.2, 0) is 0 Å². The first kappa shape index (κ1) is 12.2. The Labute approximate surface area is 114 Å². The van der Waals surface area contributed by atoms with E-state index in [9.17, 15) is 0 Å². The highest BCUT2D eigenvalue weighted by atomic mass is 16.5. The summed E-state index contributed by atoms with van der Waals surface area (Å²) in [5, 5.41) is 3.72. The third kappa shape index (κ3) is 2.49. The van der Waals surface area contributed by atoms with Crippen LogP contribution >= 0.6 is 0 Å². The van der Waals surface area contributed by atoms with Crippen molar-refractivity contribution in [2.24, 2.45) is 0 Å². The van der Waals surface area contributed by atoms with E-state index in [1.54, 1.807) is 7.11 Å². The first-order valence-electron chi connectivity index (χ1n) is 6.82. The molecule has 2 aromatic carbocycles. The maximum Gasteiger partial charge on any atom is 0.123 e. The molecule has 1 saturated heterocycles. The molecule has 2 nitrogen and oxygen atoms in total. The number of ether oxygens (including phenoxy) is 1. The van der Waals surface area contributed by atoms with Crippen LogP contribution in [0.25, 0.3) is 0 Å². The van der Waals surface area contributed by atoms with Crippen molar-refractivity contribution in [3.05, 3.63) is 65.7 Å². The summed E-state index contributed by atoms with van der Waals surface area (Å²) in [5.41, 5.74) is 2.64. The van der Waals surface area contributed by atoms with Crippen LogP contribution in [0.2, 0.25) is 0 Å². The molecule has 0 bridgehead atoms. The van der Waals surface area contributed by atoms with Crippen LogP contribution in [0.4, 0.5) is 0 Å². The zero-order valence-electron chi connectivity index (χ0n) is 11.2. The van der Waals surface area contributed by atoms with Crippen molar-refractivity contribution in [3.63, 3.8) is 0 Å². The highest BCUT2D eigenvalue weighted by Gasteiger charge is 2.27. The summed E-state index contributed by atoms with van der Waals surface area (Å²) in [6.07, 6.45) is 2.33. The van der Waals surface area contributed by atoms with E-state index in [0.29, 0.717) is 12.1 Å². The second kappa shape index (κ2) is 5.45. The van der Waals surface area contributed by atoms with Gasteiger partial charge in [0.1, 0.15) is 5.75 Å². The quantitative estimate of drug-likeness (QED) is 0.896. The molecule has 19 heavy (non-hydrogen) atoms. The molecule has 1 N–H and O–H groups in total. The molecule has 0 saturated carbocycles. The second-order valence-electron chi connectivity index (χ2n) is 5.00. The molecule has 2 aromatic rings. The van der Waals surface area contributed by atoms with E-state index in [-0.39, 0.29) is 0 Å². The minimum atomic E-state index is 0.390. The Morgan fingerprint density at radius 1 is 0.895 bits per heavy atom. The molecule has 1 aliphatic heterocycles. The van der Waals surface area contributed by atoms with Gasteiger partial charge in [0.25, 0.3) is 0 Å². The van der Waals surface area contributed by atoms with Crippen molar-refractivity contribution in [3.8, 4) is 5.75 Å². The summed E-state index contributed by atoms with van der Waals surface area (Å²) in [6.45, 7) is 0. The Kier molecular flexibility index (Phi) is 3.51. The van der Waals surface area contributed by atoms with Gasteiger partial charge in [-0.25, -0.2) is 0 Å². The normalized spacial score (nSPS) is 22.4. The van der Waals surface area contributed by atoms with Gasteiger partial charge in [0.2, 0.25) is 0 Å². The van der Waals surface area contributed by atoms with Crippen LogP contribution in [0.1, 0.15) is 36.1 Å². The van der Waals surface area contributed by atoms with E-state index in [0.717, 1.165) is 12.2 Å². The third-order valence-electron chi connectivity index (χ3n) is 3.86. The summed E-state index contributed by atoms with van der Waals surface area (Å²) < 4.78 is 5.46. The molecule has 1 heterocycles. The Balaban J connectivity index is 1.79. The lowest BCUT2D eigenvalue weighted by Gasteiger charge is -2.17. The fourth-order valence-corrected chi connectivity index (χ4v) is 2.89. The molecule has 0 aliphatic carbocycles. The molecule has 1 fully saturated rings. The Morgan fingerprint density at radius 3 is 2.37 bits per heavy atom. The fraction of sp³-hybridized carbons (Fsp3) is 0.294. The predicted octanol–water partition coefficient (Wildman–Crippen LogP) is 3.86. The summed E-state index contributed by atoms with van der Waals surface area (Å²) in [7, 11) is 1.74. The number of rotatable bonds is 3. The van der Waals surface area contributed by atoms with Crippen molar-refractivity contribution in [2.45, 2.75) is 24.9 Å². The van der Waals surface area contributed by atoms with Crippen LogP contribution in [0.5, 0.6) is 5.75 Å². The van der Waals surface area contributed by atoms with Crippen LogP contribution < -0.4 is 10.1 Å². The molecule has 2 unspecified atom stereocenters. The SMILES string of the molecule is COc1ccccc1C1CCC(c2ccccc2)N1. The number of methoxy groups -OCH3 is 1. The summed E-state index contributed by atoms with van der Waals surface area (Å²) in [5.74, 6) is 0.980. The van der Waals surface area contributed by atoms with Gasteiger partial charge < -0.3 is 10.1 Å². The Morgan fingerprint density at radius 2 is 1.58 bits per heavy atom. The number of benzene rings is 2. The van der Waals surface area contributed by atoms with Crippen LogP contribution in [0.15, 0.2) is 54.6 Å². The molecule has 2 atom stereocenters. The summed E-state index contributed by atoms with van der Waals surface area (Å²) >= 11 is 0. The summed E-state index contributed by atoms with van der Waals surface area (Å²) in [4.78, 5) is 0. The summed E-state index contributed by atoms with van der Waals surface area (Å²) in [6, 6.07) is 19.8. The van der Waals surface area contributed by atoms with E-state index in [4.69, 9.17) is 4.74 Å². The van der Waals surface area contributed by atoms with E-state index in [2.05, 4.69) is 47.8 Å². The molecule has 0 radical (unpaired) electrons. The van der Waals surface area contributed by atoms with Gasteiger partial charge in [-0.3, -0.25) is 0 Å². The lowest BCUT2D eigenvalue weighted by atomic mass is 10.0. The number of para-hydroxylation sites is 1. The standard InChI is InChI=1S/C17H19NO/c1-19-17-10-6-5-9-14(17)16-12-11-15(18-16)13-7-3-2-4-8-13/h2-10,15-16,18H,11-12H2,1H3. The lowest BCUT2D eigenvalue weighted by Crippen LogP contribution is -2.18. The smallest absolute Gasteiger partial charge is 0.123 e. The molecule has 0 aromatic heterocycles. The minimum Gasteiger partial charge on any atom is -0.496 e. The van der Waals surface area contributed by atoms with Crippen LogP contribution in [0, 0.1) is 0 Å². The van der Waals surface area contributed by atoms with Gasteiger partial charge in [0.15, 0.2) is 0 Å². The zero-order chi connectivity index (χ0) is 13.1. The van der Waals surface area contributed by atoms with Crippen LogP contribution in [0.3, 0.4) is 0 Å². The Hall–Kier alpha value is -1.80. The Bertz CT molecular complexity index is 538. The van der Waals surface area contributed by atoms with Gasteiger partial charge in [-0.2, -0.15) is 0 Å². The highest BCUT2D eigenvalue weighted by Crippen LogP contribution is 2.37. The molecular weight excluding hydrogens is 234 g/mol. The third-order valence-corrected chi connectivity index (χ3v) is 3.86. The minimum absolute atomic E-state index is 0.390. The first-order valence-corrected chi connectivity index (χ1v) is 6.82. The first-order chi connectivity index (χ1) is 9.38. The molecular formula is C17H19NO. The van der Waals surface area contributed by atoms with Crippen molar-refractivity contribution >= 4 is 0 Å². The van der Waals surface area contributed by atoms with E-state index in [1.165, 1.54) is 17.5 Å². The monoisotopic (exact) mass is 253 g/mol. The van der Waals surface area contributed by atoms with Crippen molar-refractivity contribution in [1.82, 2.24) is 5.32 Å². The average molecular weight is 253 g/mol. The molecule has 0 spiro atoms. The number of hydrogen-bond acceptors (Lipinski definition) is 2. The zero-order valence-corrected chi connectivity index (χ0v) is 11.2. The molecule has 1 aliphatic rings. The van der Waals surface area contributed by atoms with Gasteiger partial charge in [-0.1, -0.05) is 48.5 Å². The van der Waals surface area contributed by atoms with Gasteiger partial charge in [-0.05, 0) is 24.5 Å². The highest BCUT2D eigenvalue weighted by molar-refractivity contribution is 5.37. The van der Waals surface area contributed by atoms with E-state index in [1.807, 2.05) is 12.1 Å². The molecule has 98 valence electrons. The molecule has 2 heteroatoms. The van der Waals surface area contributed by atoms with Crippen molar-refractivity contribution in [2.75, 3.05) is 7.11 Å². The number of nitrogens with one attached hydrogen (secondary N) is 1. The molecule has 3 rings (SSSR count). The van der Waals surface area contributed by atoms with Gasteiger partial charge >= 0.3 is 0 Å². The molecule has 0 amide bonds. The van der Waals surface area contributed by atoms with E-state index >= 15 is 0 Å². The lowest BCUT2D eigenvalue weighted by molar-refractivity contribution is 0.402. The van der Waals surface area contributed by atoms with E-state index < -0.39 is 0 Å². The maximum absolute atomic E-state index is 5.46. The van der Waals surface area contributed by atoms with Crippen LogP contribution in [-0.4, -0.2) is 7.11 Å². The van der Waals surface area contributed by atoms with Crippen molar-refractivity contribution in [1.29, 1.82) is 0 Å². The largest absolute Gasteiger partial charge is 0.496 e. The maximum atomic E-state index is 5.46. The van der Waals surface area contributed by atoms with Gasteiger partial charge in [-0.15, -0.1) is 0 Å². The van der Waals surface area contributed by atoms with Crippen molar-refractivity contribution < 1.29 is 4.74 Å². The fourth-order valence-electron chi connectivity index (χ4n) is 2.89. The van der Waals surface area contributed by atoms with Gasteiger partial charge in [0.05, 0.1) is 7.11 Å². The van der Waals surface area contributed by atoms with Gasteiger partial charge in [0, 0.05) is 17.6 Å². The predicted molar refractivity (Wildman–Crippen MR) is 77.3 cm³/mol. The topological polar surface area (TPSA) is 21.3 Å². The second-order valence-corrected chi connectivity index (χ2v) is 5.00.